The Kier molecular flexibility index (Phi) is 9.08. The highest BCUT2D eigenvalue weighted by Gasteiger charge is 2.25. The maximum absolute atomic E-state index is 12.7. The van der Waals surface area contributed by atoms with E-state index in [2.05, 4.69) is 39.4 Å². The number of nitrogens with zero attached hydrogens (tertiary/aromatic N) is 2. The van der Waals surface area contributed by atoms with Gasteiger partial charge < -0.3 is 5.32 Å². The van der Waals surface area contributed by atoms with Gasteiger partial charge in [-0.2, -0.15) is 0 Å². The second-order valence-electron chi connectivity index (χ2n) is 9.52. The van der Waals surface area contributed by atoms with E-state index in [4.69, 9.17) is 23.2 Å². The summed E-state index contributed by atoms with van der Waals surface area (Å²) in [6.45, 7) is 6.75. The summed E-state index contributed by atoms with van der Waals surface area (Å²) in [5, 5.41) is 4.34. The second kappa shape index (κ2) is 12.2. The van der Waals surface area contributed by atoms with E-state index in [1.54, 1.807) is 0 Å². The first kappa shape index (κ1) is 24.5. The molecule has 2 aromatic rings. The van der Waals surface area contributed by atoms with E-state index in [1.165, 1.54) is 49.9 Å². The van der Waals surface area contributed by atoms with Gasteiger partial charge in [0.1, 0.15) is 0 Å². The van der Waals surface area contributed by atoms with E-state index >= 15 is 0 Å². The topological polar surface area (TPSA) is 35.6 Å². The quantitative estimate of drug-likeness (QED) is 0.527. The zero-order valence-corrected chi connectivity index (χ0v) is 20.9. The Morgan fingerprint density at radius 1 is 0.758 bits per heavy atom. The number of rotatable bonds is 7. The van der Waals surface area contributed by atoms with Gasteiger partial charge in [0.15, 0.2) is 0 Å². The van der Waals surface area contributed by atoms with Crippen LogP contribution in [0.2, 0.25) is 10.0 Å². The minimum Gasteiger partial charge on any atom is -0.352 e. The summed E-state index contributed by atoms with van der Waals surface area (Å²) in [6.07, 6.45) is 7.15. The Hall–Kier alpha value is -1.59. The van der Waals surface area contributed by atoms with Crippen molar-refractivity contribution in [2.24, 2.45) is 5.92 Å². The molecule has 0 aliphatic carbocycles. The van der Waals surface area contributed by atoms with Crippen LogP contribution in [0.4, 0.5) is 0 Å². The maximum Gasteiger partial charge on any atom is 0.223 e. The van der Waals surface area contributed by atoms with Crippen molar-refractivity contribution in [1.29, 1.82) is 0 Å². The summed E-state index contributed by atoms with van der Waals surface area (Å²) >= 11 is 12.1. The van der Waals surface area contributed by atoms with Gasteiger partial charge in [0.25, 0.3) is 0 Å². The third-order valence-corrected chi connectivity index (χ3v) is 7.68. The van der Waals surface area contributed by atoms with Crippen LogP contribution in [0.5, 0.6) is 0 Å². The average Bonchev–Trinajstić information content (AvgIpc) is 3.10. The summed E-state index contributed by atoms with van der Waals surface area (Å²) < 4.78 is 0. The first-order valence-electron chi connectivity index (χ1n) is 12.3. The minimum absolute atomic E-state index is 0.0948. The molecule has 2 heterocycles. The molecule has 1 amide bonds. The van der Waals surface area contributed by atoms with Gasteiger partial charge in [0.2, 0.25) is 5.91 Å². The number of amides is 1. The van der Waals surface area contributed by atoms with Crippen LogP contribution < -0.4 is 5.32 Å². The Morgan fingerprint density at radius 3 is 2.00 bits per heavy atom. The van der Waals surface area contributed by atoms with E-state index in [0.717, 1.165) is 44.6 Å². The van der Waals surface area contributed by atoms with Gasteiger partial charge in [-0.3, -0.25) is 14.6 Å². The third kappa shape index (κ3) is 7.45. The highest BCUT2D eigenvalue weighted by Crippen LogP contribution is 2.25. The largest absolute Gasteiger partial charge is 0.352 e. The van der Waals surface area contributed by atoms with E-state index < -0.39 is 0 Å². The number of carbonyl (C=O) groups excluding carboxylic acids is 1. The SMILES string of the molecule is O=C(NCc1ccc(CN2CCCCCC2)cc1)C1CCN(Cc2ccc(Cl)c(Cl)c2)CC1. The third-order valence-electron chi connectivity index (χ3n) is 6.94. The summed E-state index contributed by atoms with van der Waals surface area (Å²) in [5.74, 6) is 0.273. The molecule has 2 aliphatic heterocycles. The molecule has 0 saturated carbocycles. The van der Waals surface area contributed by atoms with Crippen molar-refractivity contribution in [3.63, 3.8) is 0 Å². The molecule has 0 spiro atoms. The van der Waals surface area contributed by atoms with Crippen molar-refractivity contribution in [3.05, 3.63) is 69.2 Å². The van der Waals surface area contributed by atoms with E-state index in [-0.39, 0.29) is 11.8 Å². The van der Waals surface area contributed by atoms with Crippen LogP contribution in [0.25, 0.3) is 0 Å². The van der Waals surface area contributed by atoms with Crippen molar-refractivity contribution >= 4 is 29.1 Å². The highest BCUT2D eigenvalue weighted by atomic mass is 35.5. The van der Waals surface area contributed by atoms with Gasteiger partial charge in [-0.1, -0.05) is 66.4 Å². The van der Waals surface area contributed by atoms with Crippen LogP contribution >= 0.6 is 23.2 Å². The lowest BCUT2D eigenvalue weighted by atomic mass is 9.95. The fourth-order valence-corrected chi connectivity index (χ4v) is 5.22. The molecule has 178 valence electrons. The number of halogens is 2. The summed E-state index contributed by atoms with van der Waals surface area (Å²) in [4.78, 5) is 17.7. The molecule has 6 heteroatoms. The molecule has 2 fully saturated rings. The molecule has 4 nitrogen and oxygen atoms in total. The Balaban J connectivity index is 1.18. The molecule has 4 rings (SSSR count). The standard InChI is InChI=1S/C27H35Cl2N3O/c28-25-10-9-23(17-26(25)29)20-32-15-11-24(12-16-32)27(33)30-18-21-5-7-22(8-6-21)19-31-13-3-1-2-4-14-31/h5-10,17,24H,1-4,11-16,18-20H2,(H,30,33). The number of likely N-dealkylation sites (tertiary alicyclic amines) is 2. The van der Waals surface area contributed by atoms with Gasteiger partial charge in [0, 0.05) is 25.6 Å². The predicted molar refractivity (Wildman–Crippen MR) is 136 cm³/mol. The maximum atomic E-state index is 12.7. The van der Waals surface area contributed by atoms with Gasteiger partial charge in [-0.15, -0.1) is 0 Å². The van der Waals surface area contributed by atoms with Gasteiger partial charge in [-0.05, 0) is 80.7 Å². The Morgan fingerprint density at radius 2 is 1.33 bits per heavy atom. The van der Waals surface area contributed by atoms with Crippen molar-refractivity contribution in [3.8, 4) is 0 Å². The lowest BCUT2D eigenvalue weighted by molar-refractivity contribution is -0.126. The van der Waals surface area contributed by atoms with E-state index in [9.17, 15) is 4.79 Å². The normalized spacial score (nSPS) is 18.7. The van der Waals surface area contributed by atoms with Crippen molar-refractivity contribution in [1.82, 2.24) is 15.1 Å². The first-order valence-corrected chi connectivity index (χ1v) is 13.1. The molecule has 0 radical (unpaired) electrons. The van der Waals surface area contributed by atoms with Crippen LogP contribution in [0.1, 0.15) is 55.2 Å². The number of carbonyl (C=O) groups is 1. The molecule has 1 N–H and O–H groups in total. The van der Waals surface area contributed by atoms with Crippen molar-refractivity contribution < 1.29 is 4.79 Å². The zero-order chi connectivity index (χ0) is 23.0. The molecule has 2 saturated heterocycles. The fraction of sp³-hybridized carbons (Fsp3) is 0.519. The molecule has 2 aliphatic rings. The molecule has 0 unspecified atom stereocenters. The van der Waals surface area contributed by atoms with Crippen LogP contribution in [0.3, 0.4) is 0 Å². The number of hydrogen-bond acceptors (Lipinski definition) is 3. The molecular formula is C27H35Cl2N3O. The smallest absolute Gasteiger partial charge is 0.223 e. The Bertz CT molecular complexity index is 902. The monoisotopic (exact) mass is 487 g/mol. The van der Waals surface area contributed by atoms with Crippen molar-refractivity contribution in [2.75, 3.05) is 26.2 Å². The lowest BCUT2D eigenvalue weighted by Crippen LogP contribution is -2.40. The van der Waals surface area contributed by atoms with Crippen LogP contribution in [-0.4, -0.2) is 41.9 Å². The minimum atomic E-state index is 0.0948. The van der Waals surface area contributed by atoms with Crippen LogP contribution in [-0.2, 0) is 24.4 Å². The summed E-state index contributed by atoms with van der Waals surface area (Å²) in [5.41, 5.74) is 3.69. The molecule has 2 aromatic carbocycles. The first-order chi connectivity index (χ1) is 16.1. The fourth-order valence-electron chi connectivity index (χ4n) is 4.90. The second-order valence-corrected chi connectivity index (χ2v) is 10.3. The van der Waals surface area contributed by atoms with Crippen LogP contribution in [0.15, 0.2) is 42.5 Å². The number of nitrogens with one attached hydrogen (secondary N) is 1. The lowest BCUT2D eigenvalue weighted by Gasteiger charge is -2.31. The number of piperidine rings is 1. The summed E-state index contributed by atoms with van der Waals surface area (Å²) in [6, 6.07) is 14.6. The zero-order valence-electron chi connectivity index (χ0n) is 19.4. The number of benzene rings is 2. The van der Waals surface area contributed by atoms with E-state index in [1.807, 2.05) is 18.2 Å². The molecular weight excluding hydrogens is 453 g/mol. The Labute approximate surface area is 208 Å². The van der Waals surface area contributed by atoms with Crippen molar-refractivity contribution in [2.45, 2.75) is 58.2 Å². The van der Waals surface area contributed by atoms with E-state index in [0.29, 0.717) is 16.6 Å². The molecule has 0 atom stereocenters. The molecule has 0 aromatic heterocycles. The molecule has 0 bridgehead atoms. The van der Waals surface area contributed by atoms with Gasteiger partial charge in [0.05, 0.1) is 10.0 Å². The van der Waals surface area contributed by atoms with Gasteiger partial charge in [-0.25, -0.2) is 0 Å². The highest BCUT2D eigenvalue weighted by molar-refractivity contribution is 6.42. The molecule has 33 heavy (non-hydrogen) atoms. The predicted octanol–water partition coefficient (Wildman–Crippen LogP) is 5.90. The van der Waals surface area contributed by atoms with Gasteiger partial charge >= 0.3 is 0 Å². The number of hydrogen-bond donors (Lipinski definition) is 1. The average molecular weight is 489 g/mol. The van der Waals surface area contributed by atoms with Crippen LogP contribution in [0, 0.1) is 5.92 Å². The summed E-state index contributed by atoms with van der Waals surface area (Å²) in [7, 11) is 0.